The molecule has 0 aliphatic rings. The molecule has 34 heavy (non-hydrogen) atoms. The minimum atomic E-state index is -0.790. The van der Waals surface area contributed by atoms with E-state index in [9.17, 15) is 14.4 Å². The highest BCUT2D eigenvalue weighted by molar-refractivity contribution is 8.00. The van der Waals surface area contributed by atoms with E-state index in [1.807, 2.05) is 30.3 Å². The van der Waals surface area contributed by atoms with Gasteiger partial charge in [0.25, 0.3) is 0 Å². The number of hydrogen-bond acceptors (Lipinski definition) is 9. The summed E-state index contributed by atoms with van der Waals surface area (Å²) in [5.74, 6) is -1.99. The van der Waals surface area contributed by atoms with Crippen LogP contribution in [0.5, 0.6) is 0 Å². The fourth-order valence-electron chi connectivity index (χ4n) is 3.10. The van der Waals surface area contributed by atoms with Crippen molar-refractivity contribution < 1.29 is 28.3 Å². The minimum Gasteiger partial charge on any atom is -0.462 e. The SMILES string of the molecule is CCOC(=O)c1c(C)oc(NC(=O)C(C)Sc2cc(-c3ccccc3)ncn2)c1C(=O)OCC. The number of hydrogen-bond donors (Lipinski definition) is 1. The zero-order chi connectivity index (χ0) is 24.7. The quantitative estimate of drug-likeness (QED) is 0.266. The van der Waals surface area contributed by atoms with Gasteiger partial charge in [-0.25, -0.2) is 19.6 Å². The van der Waals surface area contributed by atoms with Crippen molar-refractivity contribution in [3.63, 3.8) is 0 Å². The first kappa shape index (κ1) is 25.0. The van der Waals surface area contributed by atoms with Crippen molar-refractivity contribution in [2.24, 2.45) is 0 Å². The van der Waals surface area contributed by atoms with Crippen molar-refractivity contribution in [1.82, 2.24) is 9.97 Å². The number of thioether (sulfide) groups is 1. The van der Waals surface area contributed by atoms with E-state index in [0.29, 0.717) is 5.03 Å². The summed E-state index contributed by atoms with van der Waals surface area (Å²) in [5.41, 5.74) is 1.42. The molecule has 3 rings (SSSR count). The molecule has 0 fully saturated rings. The number of nitrogens with zero attached hydrogens (tertiary/aromatic N) is 2. The molecule has 0 spiro atoms. The summed E-state index contributed by atoms with van der Waals surface area (Å²) >= 11 is 1.22. The third-order valence-corrected chi connectivity index (χ3v) is 5.69. The summed E-state index contributed by atoms with van der Waals surface area (Å²) in [5, 5.41) is 2.59. The van der Waals surface area contributed by atoms with Gasteiger partial charge >= 0.3 is 11.9 Å². The Bertz CT molecular complexity index is 1180. The molecule has 0 radical (unpaired) electrons. The molecule has 2 aromatic heterocycles. The van der Waals surface area contributed by atoms with Crippen LogP contribution in [0, 0.1) is 6.92 Å². The van der Waals surface area contributed by atoms with Crippen LogP contribution >= 0.6 is 11.8 Å². The molecule has 1 N–H and O–H groups in total. The molecular formula is C24H25N3O6S. The van der Waals surface area contributed by atoms with Crippen LogP contribution in [-0.2, 0) is 14.3 Å². The average Bonchev–Trinajstić information content (AvgIpc) is 3.15. The highest BCUT2D eigenvalue weighted by atomic mass is 32.2. The minimum absolute atomic E-state index is 0.0702. The van der Waals surface area contributed by atoms with Crippen molar-refractivity contribution >= 4 is 35.5 Å². The van der Waals surface area contributed by atoms with Gasteiger partial charge < -0.3 is 13.9 Å². The van der Waals surface area contributed by atoms with Crippen LogP contribution in [0.2, 0.25) is 0 Å². The Hall–Kier alpha value is -3.66. The van der Waals surface area contributed by atoms with E-state index in [1.54, 1.807) is 26.8 Å². The fourth-order valence-corrected chi connectivity index (χ4v) is 3.91. The van der Waals surface area contributed by atoms with Gasteiger partial charge in [0.1, 0.15) is 28.2 Å². The third-order valence-electron chi connectivity index (χ3n) is 4.66. The van der Waals surface area contributed by atoms with E-state index in [1.165, 1.54) is 25.0 Å². The molecule has 0 bridgehead atoms. The second-order valence-corrected chi connectivity index (χ2v) is 8.40. The Morgan fingerprint density at radius 1 is 1.03 bits per heavy atom. The monoisotopic (exact) mass is 483 g/mol. The zero-order valence-electron chi connectivity index (χ0n) is 19.3. The topological polar surface area (TPSA) is 121 Å². The molecule has 1 amide bonds. The number of amides is 1. The zero-order valence-corrected chi connectivity index (χ0v) is 20.1. The first-order chi connectivity index (χ1) is 16.3. The van der Waals surface area contributed by atoms with E-state index in [-0.39, 0.29) is 36.0 Å². The normalized spacial score (nSPS) is 11.5. The van der Waals surface area contributed by atoms with Crippen molar-refractivity contribution in [2.45, 2.75) is 38.0 Å². The van der Waals surface area contributed by atoms with Crippen LogP contribution in [0.15, 0.2) is 52.2 Å². The van der Waals surface area contributed by atoms with Gasteiger partial charge in [0.2, 0.25) is 11.8 Å². The van der Waals surface area contributed by atoms with Gasteiger partial charge in [-0.15, -0.1) is 0 Å². The van der Waals surface area contributed by atoms with Gasteiger partial charge in [-0.1, -0.05) is 42.1 Å². The average molecular weight is 484 g/mol. The number of esters is 2. The molecule has 2 heterocycles. The van der Waals surface area contributed by atoms with E-state index < -0.39 is 23.1 Å². The maximum atomic E-state index is 12.9. The summed E-state index contributed by atoms with van der Waals surface area (Å²) in [6, 6.07) is 11.4. The number of aryl methyl sites for hydroxylation is 1. The first-order valence-electron chi connectivity index (χ1n) is 10.7. The van der Waals surface area contributed by atoms with Crippen LogP contribution in [0.4, 0.5) is 5.88 Å². The fraction of sp³-hybridized carbons (Fsp3) is 0.292. The first-order valence-corrected chi connectivity index (χ1v) is 11.6. The molecule has 1 aromatic carbocycles. The van der Waals surface area contributed by atoms with Gasteiger partial charge in [0, 0.05) is 5.56 Å². The Kier molecular flexibility index (Phi) is 8.42. The number of furan rings is 1. The summed E-state index contributed by atoms with van der Waals surface area (Å²) in [6.45, 7) is 6.69. The number of anilines is 1. The van der Waals surface area contributed by atoms with E-state index >= 15 is 0 Å². The van der Waals surface area contributed by atoms with Crippen LogP contribution in [-0.4, -0.2) is 46.3 Å². The second-order valence-electron chi connectivity index (χ2n) is 7.04. The number of carbonyl (C=O) groups is 3. The lowest BCUT2D eigenvalue weighted by Crippen LogP contribution is -2.24. The van der Waals surface area contributed by atoms with Crippen molar-refractivity contribution in [1.29, 1.82) is 0 Å². The number of aromatic nitrogens is 2. The van der Waals surface area contributed by atoms with Crippen LogP contribution in [0.1, 0.15) is 47.2 Å². The predicted octanol–water partition coefficient (Wildman–Crippen LogP) is 4.52. The summed E-state index contributed by atoms with van der Waals surface area (Å²) in [6.07, 6.45) is 1.44. The number of carbonyl (C=O) groups excluding carboxylic acids is 3. The second kappa shape index (κ2) is 11.5. The molecule has 0 aliphatic carbocycles. The number of ether oxygens (including phenoxy) is 2. The largest absolute Gasteiger partial charge is 0.462 e. The highest BCUT2D eigenvalue weighted by Crippen LogP contribution is 2.31. The third kappa shape index (κ3) is 5.82. The molecule has 0 saturated carbocycles. The lowest BCUT2D eigenvalue weighted by molar-refractivity contribution is -0.115. The lowest BCUT2D eigenvalue weighted by Gasteiger charge is -2.12. The van der Waals surface area contributed by atoms with E-state index in [2.05, 4.69) is 15.3 Å². The standard InChI is InChI=1S/C24H25N3O6S/c1-5-31-23(29)19-14(3)33-22(20(19)24(30)32-6-2)27-21(28)15(4)34-18-12-17(25-13-26-18)16-10-8-7-9-11-16/h7-13,15H,5-6H2,1-4H3,(H,27,28). The Balaban J connectivity index is 1.80. The van der Waals surface area contributed by atoms with Crippen LogP contribution in [0.3, 0.4) is 0 Å². The predicted molar refractivity (Wildman–Crippen MR) is 127 cm³/mol. The molecule has 1 unspecified atom stereocenters. The highest BCUT2D eigenvalue weighted by Gasteiger charge is 2.32. The molecule has 0 aliphatic heterocycles. The lowest BCUT2D eigenvalue weighted by atomic mass is 10.1. The summed E-state index contributed by atoms with van der Waals surface area (Å²) in [4.78, 5) is 46.4. The Morgan fingerprint density at radius 2 is 1.68 bits per heavy atom. The van der Waals surface area contributed by atoms with Crippen LogP contribution < -0.4 is 5.32 Å². The number of rotatable bonds is 9. The van der Waals surface area contributed by atoms with Crippen molar-refractivity contribution in [3.8, 4) is 11.3 Å². The van der Waals surface area contributed by atoms with Gasteiger partial charge in [0.05, 0.1) is 24.2 Å². The van der Waals surface area contributed by atoms with E-state index in [4.69, 9.17) is 13.9 Å². The van der Waals surface area contributed by atoms with E-state index in [0.717, 1.165) is 11.3 Å². The maximum absolute atomic E-state index is 12.9. The van der Waals surface area contributed by atoms with Crippen molar-refractivity contribution in [2.75, 3.05) is 18.5 Å². The molecule has 3 aromatic rings. The van der Waals surface area contributed by atoms with Gasteiger partial charge in [-0.05, 0) is 33.8 Å². The molecule has 9 nitrogen and oxygen atoms in total. The van der Waals surface area contributed by atoms with Gasteiger partial charge in [-0.2, -0.15) is 0 Å². The smallest absolute Gasteiger partial charge is 0.344 e. The van der Waals surface area contributed by atoms with Crippen molar-refractivity contribution in [3.05, 3.63) is 59.6 Å². The summed E-state index contributed by atoms with van der Waals surface area (Å²) in [7, 11) is 0. The van der Waals surface area contributed by atoms with Gasteiger partial charge in [0.15, 0.2) is 0 Å². The molecule has 1 atom stereocenters. The molecule has 0 saturated heterocycles. The maximum Gasteiger partial charge on any atom is 0.344 e. The van der Waals surface area contributed by atoms with Gasteiger partial charge in [-0.3, -0.25) is 10.1 Å². The Morgan fingerprint density at radius 3 is 2.32 bits per heavy atom. The Labute approximate surface area is 201 Å². The number of nitrogens with one attached hydrogen (secondary N) is 1. The number of benzene rings is 1. The molecule has 10 heteroatoms. The van der Waals surface area contributed by atoms with Crippen LogP contribution in [0.25, 0.3) is 11.3 Å². The summed E-state index contributed by atoms with van der Waals surface area (Å²) < 4.78 is 15.7. The molecule has 178 valence electrons. The molecular weight excluding hydrogens is 458 g/mol.